The Morgan fingerprint density at radius 3 is 2.55 bits per heavy atom. The van der Waals surface area contributed by atoms with Gasteiger partial charge in [-0.25, -0.2) is 0 Å². The van der Waals surface area contributed by atoms with Crippen molar-refractivity contribution in [1.82, 2.24) is 0 Å². The predicted molar refractivity (Wildman–Crippen MR) is 92.8 cm³/mol. The van der Waals surface area contributed by atoms with Gasteiger partial charge in [-0.2, -0.15) is 0 Å². The smallest absolute Gasteiger partial charge is 0.123 e. The van der Waals surface area contributed by atoms with E-state index in [1.54, 1.807) is 0 Å². The van der Waals surface area contributed by atoms with E-state index in [0.717, 1.165) is 22.7 Å². The van der Waals surface area contributed by atoms with Gasteiger partial charge in [0.25, 0.3) is 0 Å². The molecule has 0 saturated heterocycles. The van der Waals surface area contributed by atoms with Crippen LogP contribution in [0.15, 0.2) is 22.7 Å². The normalized spacial score (nSPS) is 18.6. The van der Waals surface area contributed by atoms with E-state index in [0.29, 0.717) is 4.83 Å². The summed E-state index contributed by atoms with van der Waals surface area (Å²) in [5.41, 5.74) is 1.28. The van der Waals surface area contributed by atoms with Crippen LogP contribution in [-0.2, 0) is 0 Å². The molecule has 0 radical (unpaired) electrons. The molecule has 2 rings (SSSR count). The first kappa shape index (κ1) is 16.4. The van der Waals surface area contributed by atoms with Gasteiger partial charge in [0.2, 0.25) is 0 Å². The number of rotatable bonds is 5. The summed E-state index contributed by atoms with van der Waals surface area (Å²) in [6.07, 6.45) is 9.65. The molecule has 1 nitrogen and oxygen atoms in total. The maximum absolute atomic E-state index is 5.78. The van der Waals surface area contributed by atoms with Crippen LogP contribution in [0.2, 0.25) is 0 Å². The van der Waals surface area contributed by atoms with E-state index in [4.69, 9.17) is 4.74 Å². The summed E-state index contributed by atoms with van der Waals surface area (Å²) in [6.45, 7) is 2.76. The summed E-state index contributed by atoms with van der Waals surface area (Å²) in [5, 5.41) is 0. The van der Waals surface area contributed by atoms with Crippen molar-refractivity contribution in [3.63, 3.8) is 0 Å². The molecule has 112 valence electrons. The Kier molecular flexibility index (Phi) is 6.89. The maximum atomic E-state index is 5.78. The fourth-order valence-electron chi connectivity index (χ4n) is 3.07. The summed E-state index contributed by atoms with van der Waals surface area (Å²) in [5.74, 6) is 1.88. The number of hydrogen-bond donors (Lipinski definition) is 0. The molecule has 0 heterocycles. The Bertz CT molecular complexity index is 411. The Morgan fingerprint density at radius 1 is 1.20 bits per heavy atom. The van der Waals surface area contributed by atoms with Crippen molar-refractivity contribution in [3.05, 3.63) is 28.2 Å². The fraction of sp³-hybridized carbons (Fsp3) is 0.647. The topological polar surface area (TPSA) is 9.23 Å². The molecule has 1 aromatic rings. The van der Waals surface area contributed by atoms with E-state index in [9.17, 15) is 0 Å². The van der Waals surface area contributed by atoms with Crippen molar-refractivity contribution in [2.24, 2.45) is 5.92 Å². The Morgan fingerprint density at radius 2 is 1.90 bits per heavy atom. The largest absolute Gasteiger partial charge is 0.494 e. The second-order valence-electron chi connectivity index (χ2n) is 5.68. The van der Waals surface area contributed by atoms with Crippen LogP contribution in [0.1, 0.15) is 62.3 Å². The molecule has 0 bridgehead atoms. The van der Waals surface area contributed by atoms with Crippen molar-refractivity contribution in [3.8, 4) is 5.75 Å². The van der Waals surface area contributed by atoms with Crippen LogP contribution in [0.25, 0.3) is 0 Å². The summed E-state index contributed by atoms with van der Waals surface area (Å²) >= 11 is 7.48. The molecular formula is C17H24Br2O. The molecule has 0 spiro atoms. The van der Waals surface area contributed by atoms with Crippen molar-refractivity contribution in [2.45, 2.75) is 56.7 Å². The zero-order valence-electron chi connectivity index (χ0n) is 12.2. The molecule has 0 aromatic heterocycles. The van der Waals surface area contributed by atoms with E-state index in [1.807, 2.05) is 6.92 Å². The van der Waals surface area contributed by atoms with Crippen molar-refractivity contribution in [1.29, 1.82) is 0 Å². The van der Waals surface area contributed by atoms with Crippen molar-refractivity contribution >= 4 is 31.9 Å². The molecule has 1 aromatic carbocycles. The Balaban J connectivity index is 2.06. The van der Waals surface area contributed by atoms with Crippen LogP contribution in [0, 0.1) is 5.92 Å². The molecule has 0 N–H and O–H groups in total. The van der Waals surface area contributed by atoms with Gasteiger partial charge in [0.1, 0.15) is 5.75 Å². The summed E-state index contributed by atoms with van der Waals surface area (Å²) in [6, 6.07) is 6.32. The van der Waals surface area contributed by atoms with Gasteiger partial charge in [0.15, 0.2) is 0 Å². The molecule has 0 aliphatic heterocycles. The zero-order chi connectivity index (χ0) is 14.4. The first-order valence-corrected chi connectivity index (χ1v) is 9.48. The second-order valence-corrected chi connectivity index (χ2v) is 7.70. The lowest BCUT2D eigenvalue weighted by molar-refractivity contribution is 0.334. The number of halogens is 2. The monoisotopic (exact) mass is 402 g/mol. The molecular weight excluding hydrogens is 380 g/mol. The van der Waals surface area contributed by atoms with E-state index in [1.165, 1.54) is 50.5 Å². The van der Waals surface area contributed by atoms with Crippen LogP contribution in [0.3, 0.4) is 0 Å². The highest BCUT2D eigenvalue weighted by Crippen LogP contribution is 2.40. The van der Waals surface area contributed by atoms with Gasteiger partial charge in [0, 0.05) is 14.9 Å². The molecule has 1 atom stereocenters. The lowest BCUT2D eigenvalue weighted by atomic mass is 9.92. The van der Waals surface area contributed by atoms with Crippen molar-refractivity contribution in [2.75, 3.05) is 6.61 Å². The number of hydrogen-bond acceptors (Lipinski definition) is 1. The minimum Gasteiger partial charge on any atom is -0.494 e. The minimum atomic E-state index is 0.393. The van der Waals surface area contributed by atoms with Crippen LogP contribution in [0.4, 0.5) is 0 Å². The average molecular weight is 404 g/mol. The molecule has 1 aliphatic carbocycles. The molecule has 1 unspecified atom stereocenters. The Hall–Kier alpha value is -0.0200. The van der Waals surface area contributed by atoms with E-state index in [2.05, 4.69) is 50.1 Å². The number of alkyl halides is 1. The highest BCUT2D eigenvalue weighted by molar-refractivity contribution is 9.10. The van der Waals surface area contributed by atoms with Gasteiger partial charge in [0.05, 0.1) is 6.61 Å². The van der Waals surface area contributed by atoms with Crippen molar-refractivity contribution < 1.29 is 4.74 Å². The quantitative estimate of drug-likeness (QED) is 0.395. The van der Waals surface area contributed by atoms with Gasteiger partial charge in [-0.3, -0.25) is 0 Å². The first-order chi connectivity index (χ1) is 9.70. The fourth-order valence-corrected chi connectivity index (χ4v) is 4.34. The SMILES string of the molecule is CCOc1ccc(Br)cc1C(Br)CC1CCCCCC1. The number of ether oxygens (including phenoxy) is 1. The minimum absolute atomic E-state index is 0.393. The van der Waals surface area contributed by atoms with Crippen LogP contribution in [0.5, 0.6) is 5.75 Å². The molecule has 1 aliphatic rings. The lowest BCUT2D eigenvalue weighted by Crippen LogP contribution is -2.05. The lowest BCUT2D eigenvalue weighted by Gasteiger charge is -2.21. The molecule has 1 saturated carbocycles. The average Bonchev–Trinajstić information content (AvgIpc) is 2.69. The highest BCUT2D eigenvalue weighted by atomic mass is 79.9. The van der Waals surface area contributed by atoms with Crippen LogP contribution >= 0.6 is 31.9 Å². The number of benzene rings is 1. The highest BCUT2D eigenvalue weighted by Gasteiger charge is 2.20. The predicted octanol–water partition coefficient (Wildman–Crippen LogP) is 6.64. The Labute approximate surface area is 139 Å². The van der Waals surface area contributed by atoms with Gasteiger partial charge in [-0.05, 0) is 37.5 Å². The zero-order valence-corrected chi connectivity index (χ0v) is 15.4. The van der Waals surface area contributed by atoms with Gasteiger partial charge < -0.3 is 4.74 Å². The third kappa shape index (κ3) is 4.77. The molecule has 0 amide bonds. The van der Waals surface area contributed by atoms with E-state index in [-0.39, 0.29) is 0 Å². The molecule has 20 heavy (non-hydrogen) atoms. The van der Waals surface area contributed by atoms with Gasteiger partial charge in [-0.1, -0.05) is 70.4 Å². The molecule has 1 fully saturated rings. The third-order valence-corrected chi connectivity index (χ3v) is 5.48. The first-order valence-electron chi connectivity index (χ1n) is 7.77. The third-order valence-electron chi connectivity index (χ3n) is 4.12. The summed E-state index contributed by atoms with van der Waals surface area (Å²) in [4.78, 5) is 0.393. The summed E-state index contributed by atoms with van der Waals surface area (Å²) in [7, 11) is 0. The van der Waals surface area contributed by atoms with E-state index >= 15 is 0 Å². The van der Waals surface area contributed by atoms with E-state index < -0.39 is 0 Å². The standard InChI is InChI=1S/C17H24Br2O/c1-2-20-17-10-9-14(18)12-15(17)16(19)11-13-7-5-3-4-6-8-13/h9-10,12-13,16H,2-8,11H2,1H3. The second kappa shape index (κ2) is 8.43. The molecule has 3 heteroatoms. The van der Waals surface area contributed by atoms with Gasteiger partial charge >= 0.3 is 0 Å². The van der Waals surface area contributed by atoms with Crippen LogP contribution in [-0.4, -0.2) is 6.61 Å². The van der Waals surface area contributed by atoms with Crippen LogP contribution < -0.4 is 4.74 Å². The van der Waals surface area contributed by atoms with Gasteiger partial charge in [-0.15, -0.1) is 0 Å². The maximum Gasteiger partial charge on any atom is 0.123 e. The summed E-state index contributed by atoms with van der Waals surface area (Å²) < 4.78 is 6.90.